The Morgan fingerprint density at radius 2 is 1.91 bits per heavy atom. The van der Waals surface area contributed by atoms with E-state index in [-0.39, 0.29) is 5.91 Å². The number of anilines is 1. The van der Waals surface area contributed by atoms with Crippen molar-refractivity contribution in [2.75, 3.05) is 11.9 Å². The van der Waals surface area contributed by atoms with Gasteiger partial charge in [-0.15, -0.1) is 0 Å². The van der Waals surface area contributed by atoms with E-state index < -0.39 is 0 Å². The molecule has 0 spiro atoms. The fourth-order valence-corrected chi connectivity index (χ4v) is 3.20. The summed E-state index contributed by atoms with van der Waals surface area (Å²) in [5.41, 5.74) is 3.31. The maximum absolute atomic E-state index is 12.0. The number of fused-ring (bicyclic) bond motifs is 3. The minimum atomic E-state index is 0.0236. The normalized spacial score (nSPS) is 14.5. The Morgan fingerprint density at radius 1 is 1.13 bits per heavy atom. The maximum atomic E-state index is 12.0. The Bertz CT molecular complexity index is 877. The highest BCUT2D eigenvalue weighted by molar-refractivity contribution is 6.09. The average molecular weight is 307 g/mol. The second-order valence-corrected chi connectivity index (χ2v) is 6.20. The minimum Gasteiger partial charge on any atom is -0.341 e. The fourth-order valence-electron chi connectivity index (χ4n) is 3.20. The molecule has 1 saturated carbocycles. The molecule has 0 radical (unpaired) electrons. The molecular formula is C19H21N3O. The van der Waals surface area contributed by atoms with Gasteiger partial charge < -0.3 is 15.2 Å². The molecule has 118 valence electrons. The van der Waals surface area contributed by atoms with Gasteiger partial charge in [0.15, 0.2) is 0 Å². The van der Waals surface area contributed by atoms with Crippen molar-refractivity contribution in [3.8, 4) is 0 Å². The number of hydrogen-bond acceptors (Lipinski definition) is 2. The van der Waals surface area contributed by atoms with E-state index in [0.717, 1.165) is 12.2 Å². The first-order chi connectivity index (χ1) is 11.3. The summed E-state index contributed by atoms with van der Waals surface area (Å²) in [6.07, 6.45) is 2.38. The van der Waals surface area contributed by atoms with E-state index >= 15 is 0 Å². The van der Waals surface area contributed by atoms with E-state index in [1.165, 1.54) is 34.6 Å². The SMILES string of the molecule is CCn1c2ccccc2c2cc(NC(=O)CNC3CC3)ccc21. The van der Waals surface area contributed by atoms with Crippen LogP contribution in [-0.4, -0.2) is 23.1 Å². The number of aromatic nitrogens is 1. The number of aryl methyl sites for hydroxylation is 1. The van der Waals surface area contributed by atoms with Crippen LogP contribution in [0.1, 0.15) is 19.8 Å². The van der Waals surface area contributed by atoms with Gasteiger partial charge in [-0.1, -0.05) is 18.2 Å². The van der Waals surface area contributed by atoms with Crippen molar-refractivity contribution in [3.63, 3.8) is 0 Å². The molecule has 0 atom stereocenters. The molecule has 0 unspecified atom stereocenters. The molecule has 4 rings (SSSR count). The molecule has 4 heteroatoms. The highest BCUT2D eigenvalue weighted by atomic mass is 16.1. The Hall–Kier alpha value is -2.33. The lowest BCUT2D eigenvalue weighted by Gasteiger charge is -2.07. The standard InChI is InChI=1S/C19H21N3O/c1-2-22-17-6-4-3-5-15(17)16-11-14(9-10-18(16)22)21-19(23)12-20-13-7-8-13/h3-6,9-11,13,20H,2,7-8,12H2,1H3,(H,21,23). The van der Waals surface area contributed by atoms with Crippen LogP contribution in [0.25, 0.3) is 21.8 Å². The molecule has 1 aliphatic rings. The summed E-state index contributed by atoms with van der Waals surface area (Å²) < 4.78 is 2.31. The third-order valence-electron chi connectivity index (χ3n) is 4.50. The first-order valence-electron chi connectivity index (χ1n) is 8.30. The minimum absolute atomic E-state index is 0.0236. The van der Waals surface area contributed by atoms with Gasteiger partial charge in [0, 0.05) is 40.1 Å². The lowest BCUT2D eigenvalue weighted by molar-refractivity contribution is -0.115. The average Bonchev–Trinajstić information content (AvgIpc) is 3.35. The summed E-state index contributed by atoms with van der Waals surface area (Å²) in [7, 11) is 0. The molecule has 1 amide bonds. The van der Waals surface area contributed by atoms with Crippen LogP contribution in [0.15, 0.2) is 42.5 Å². The summed E-state index contributed by atoms with van der Waals surface area (Å²) in [4.78, 5) is 12.0. The van der Waals surface area contributed by atoms with Gasteiger partial charge in [-0.25, -0.2) is 0 Å². The lowest BCUT2D eigenvalue weighted by atomic mass is 10.1. The maximum Gasteiger partial charge on any atom is 0.238 e. The van der Waals surface area contributed by atoms with Gasteiger partial charge in [0.25, 0.3) is 0 Å². The molecule has 0 saturated heterocycles. The molecule has 3 aromatic rings. The van der Waals surface area contributed by atoms with E-state index in [2.05, 4.69) is 58.5 Å². The molecule has 1 aliphatic carbocycles. The van der Waals surface area contributed by atoms with Crippen molar-refractivity contribution in [1.82, 2.24) is 9.88 Å². The van der Waals surface area contributed by atoms with Gasteiger partial charge in [-0.3, -0.25) is 4.79 Å². The largest absolute Gasteiger partial charge is 0.341 e. The van der Waals surface area contributed by atoms with E-state index in [9.17, 15) is 4.79 Å². The van der Waals surface area contributed by atoms with Crippen molar-refractivity contribution in [2.24, 2.45) is 0 Å². The monoisotopic (exact) mass is 307 g/mol. The summed E-state index contributed by atoms with van der Waals surface area (Å²) in [5.74, 6) is 0.0236. The predicted octanol–water partition coefficient (Wildman–Crippen LogP) is 3.50. The molecule has 2 N–H and O–H groups in total. The third-order valence-corrected chi connectivity index (χ3v) is 4.50. The summed E-state index contributed by atoms with van der Waals surface area (Å²) >= 11 is 0. The third kappa shape index (κ3) is 2.70. The molecule has 23 heavy (non-hydrogen) atoms. The van der Waals surface area contributed by atoms with Gasteiger partial charge in [0.2, 0.25) is 5.91 Å². The molecule has 1 heterocycles. The number of benzene rings is 2. The van der Waals surface area contributed by atoms with Crippen LogP contribution >= 0.6 is 0 Å². The van der Waals surface area contributed by atoms with Crippen molar-refractivity contribution in [3.05, 3.63) is 42.5 Å². The van der Waals surface area contributed by atoms with Crippen LogP contribution in [0.3, 0.4) is 0 Å². The molecular weight excluding hydrogens is 286 g/mol. The smallest absolute Gasteiger partial charge is 0.238 e. The van der Waals surface area contributed by atoms with Crippen molar-refractivity contribution < 1.29 is 4.79 Å². The zero-order valence-electron chi connectivity index (χ0n) is 13.3. The second kappa shape index (κ2) is 5.70. The molecule has 1 fully saturated rings. The van der Waals surface area contributed by atoms with Gasteiger partial charge in [0.1, 0.15) is 0 Å². The number of nitrogens with one attached hydrogen (secondary N) is 2. The fraction of sp³-hybridized carbons (Fsp3) is 0.316. The van der Waals surface area contributed by atoms with E-state index in [1.54, 1.807) is 0 Å². The zero-order valence-corrected chi connectivity index (χ0v) is 13.3. The van der Waals surface area contributed by atoms with Crippen LogP contribution in [-0.2, 0) is 11.3 Å². The Kier molecular flexibility index (Phi) is 3.54. The van der Waals surface area contributed by atoms with Gasteiger partial charge in [-0.05, 0) is 44.0 Å². The van der Waals surface area contributed by atoms with Crippen LogP contribution in [0.4, 0.5) is 5.69 Å². The van der Waals surface area contributed by atoms with Gasteiger partial charge in [0.05, 0.1) is 6.54 Å². The first-order valence-corrected chi connectivity index (χ1v) is 8.30. The number of carbonyl (C=O) groups excluding carboxylic acids is 1. The Labute approximate surface area is 135 Å². The second-order valence-electron chi connectivity index (χ2n) is 6.20. The summed E-state index contributed by atoms with van der Waals surface area (Å²) in [5, 5.41) is 8.66. The zero-order chi connectivity index (χ0) is 15.8. The van der Waals surface area contributed by atoms with Crippen LogP contribution in [0, 0.1) is 0 Å². The number of rotatable bonds is 5. The first kappa shape index (κ1) is 14.3. The van der Waals surface area contributed by atoms with Gasteiger partial charge in [-0.2, -0.15) is 0 Å². The molecule has 0 bridgehead atoms. The predicted molar refractivity (Wildman–Crippen MR) is 94.8 cm³/mol. The van der Waals surface area contributed by atoms with Crippen LogP contribution in [0.5, 0.6) is 0 Å². The Balaban J connectivity index is 1.66. The number of amides is 1. The quantitative estimate of drug-likeness (QED) is 0.758. The van der Waals surface area contributed by atoms with E-state index in [1.807, 2.05) is 6.07 Å². The lowest BCUT2D eigenvalue weighted by Crippen LogP contribution is -2.29. The van der Waals surface area contributed by atoms with Crippen molar-refractivity contribution in [2.45, 2.75) is 32.4 Å². The topological polar surface area (TPSA) is 46.1 Å². The highest BCUT2D eigenvalue weighted by Crippen LogP contribution is 2.30. The number of para-hydroxylation sites is 1. The summed E-state index contributed by atoms with van der Waals surface area (Å²) in [6, 6.07) is 15.1. The molecule has 4 nitrogen and oxygen atoms in total. The van der Waals surface area contributed by atoms with Gasteiger partial charge >= 0.3 is 0 Å². The molecule has 1 aromatic heterocycles. The van der Waals surface area contributed by atoms with Crippen LogP contribution in [0.2, 0.25) is 0 Å². The summed E-state index contributed by atoms with van der Waals surface area (Å²) in [6.45, 7) is 3.48. The van der Waals surface area contributed by atoms with E-state index in [4.69, 9.17) is 0 Å². The number of hydrogen-bond donors (Lipinski definition) is 2. The van der Waals surface area contributed by atoms with Crippen LogP contribution < -0.4 is 10.6 Å². The van der Waals surface area contributed by atoms with E-state index in [0.29, 0.717) is 12.6 Å². The van der Waals surface area contributed by atoms with Crippen molar-refractivity contribution in [1.29, 1.82) is 0 Å². The number of nitrogens with zero attached hydrogens (tertiary/aromatic N) is 1. The van der Waals surface area contributed by atoms with Crippen molar-refractivity contribution >= 4 is 33.4 Å². The highest BCUT2D eigenvalue weighted by Gasteiger charge is 2.21. The molecule has 2 aromatic carbocycles. The number of carbonyl (C=O) groups is 1. The molecule has 0 aliphatic heterocycles. The Morgan fingerprint density at radius 3 is 2.70 bits per heavy atom.